The molecule has 0 unspecified atom stereocenters. The quantitative estimate of drug-likeness (QED) is 0.805. The third-order valence-corrected chi connectivity index (χ3v) is 5.32. The lowest BCUT2D eigenvalue weighted by molar-refractivity contribution is -0.118. The van der Waals surface area contributed by atoms with Gasteiger partial charge in [-0.1, -0.05) is 43.2 Å². The average molecular weight is 347 g/mol. The summed E-state index contributed by atoms with van der Waals surface area (Å²) in [6.07, 6.45) is 10.1. The summed E-state index contributed by atoms with van der Waals surface area (Å²) in [5, 5.41) is 3.78. The van der Waals surface area contributed by atoms with Crippen LogP contribution in [0.5, 0.6) is 0 Å². The summed E-state index contributed by atoms with van der Waals surface area (Å²) in [6.45, 7) is 0.413. The first-order chi connectivity index (χ1) is 11.7. The number of carbonyl (C=O) groups is 1. The van der Waals surface area contributed by atoms with Gasteiger partial charge in [0.2, 0.25) is 5.91 Å². The zero-order valence-electron chi connectivity index (χ0n) is 13.6. The van der Waals surface area contributed by atoms with Crippen LogP contribution in [0.3, 0.4) is 0 Å². The molecule has 2 aromatic rings. The number of hydrogen-bond donors (Lipinski definition) is 1. The van der Waals surface area contributed by atoms with E-state index in [1.807, 2.05) is 12.4 Å². The minimum Gasteiger partial charge on any atom is -0.351 e. The highest BCUT2D eigenvalue weighted by molar-refractivity contribution is 7.99. The highest BCUT2D eigenvalue weighted by Crippen LogP contribution is 2.31. The molecule has 1 aliphatic rings. The second-order valence-electron chi connectivity index (χ2n) is 6.10. The molecule has 1 aliphatic carbocycles. The summed E-state index contributed by atoms with van der Waals surface area (Å²) < 4.78 is 15.1. The van der Waals surface area contributed by atoms with Gasteiger partial charge < -0.3 is 9.88 Å². The Morgan fingerprint density at radius 3 is 2.75 bits per heavy atom. The maximum atomic E-state index is 12.9. The molecule has 1 saturated carbocycles. The maximum Gasteiger partial charge on any atom is 0.230 e. The maximum absolute atomic E-state index is 12.9. The average Bonchev–Trinajstić information content (AvgIpc) is 3.09. The summed E-state index contributed by atoms with van der Waals surface area (Å²) in [6, 6.07) is 6.68. The van der Waals surface area contributed by atoms with Crippen LogP contribution in [0, 0.1) is 5.82 Å². The molecular formula is C18H22FN3OS. The molecule has 128 valence electrons. The molecule has 1 aromatic heterocycles. The summed E-state index contributed by atoms with van der Waals surface area (Å²) in [4.78, 5) is 16.4. The van der Waals surface area contributed by atoms with Gasteiger partial charge in [0.1, 0.15) is 5.82 Å². The molecule has 24 heavy (non-hydrogen) atoms. The van der Waals surface area contributed by atoms with Gasteiger partial charge >= 0.3 is 0 Å². The van der Waals surface area contributed by atoms with Crippen LogP contribution in [0.1, 0.15) is 43.7 Å². The standard InChI is InChI=1S/C18H22FN3OS/c19-15-8-6-14(7-9-15)12-21-17(23)13-24-18-20-10-11-22(18)16-4-2-1-3-5-16/h6-11,16H,1-5,12-13H2,(H,21,23). The third kappa shape index (κ3) is 4.60. The van der Waals surface area contributed by atoms with Crippen molar-refractivity contribution in [2.45, 2.75) is 49.8 Å². The van der Waals surface area contributed by atoms with Gasteiger partial charge in [-0.25, -0.2) is 9.37 Å². The topological polar surface area (TPSA) is 46.9 Å². The Morgan fingerprint density at radius 1 is 1.25 bits per heavy atom. The van der Waals surface area contributed by atoms with Crippen molar-refractivity contribution in [2.24, 2.45) is 0 Å². The molecule has 1 amide bonds. The van der Waals surface area contributed by atoms with E-state index in [9.17, 15) is 9.18 Å². The van der Waals surface area contributed by atoms with Crippen LogP contribution < -0.4 is 5.32 Å². The second-order valence-corrected chi connectivity index (χ2v) is 7.04. The predicted octanol–water partition coefficient (Wildman–Crippen LogP) is 3.94. The molecular weight excluding hydrogens is 325 g/mol. The predicted molar refractivity (Wildman–Crippen MR) is 93.3 cm³/mol. The van der Waals surface area contributed by atoms with Gasteiger partial charge in [0.25, 0.3) is 0 Å². The highest BCUT2D eigenvalue weighted by atomic mass is 32.2. The Balaban J connectivity index is 1.48. The van der Waals surface area contributed by atoms with Crippen molar-refractivity contribution < 1.29 is 9.18 Å². The smallest absolute Gasteiger partial charge is 0.230 e. The fourth-order valence-electron chi connectivity index (χ4n) is 3.03. The number of halogens is 1. The number of thioether (sulfide) groups is 1. The number of amides is 1. The number of imidazole rings is 1. The number of benzene rings is 1. The van der Waals surface area contributed by atoms with Crippen molar-refractivity contribution >= 4 is 17.7 Å². The molecule has 1 fully saturated rings. The van der Waals surface area contributed by atoms with Crippen molar-refractivity contribution in [3.8, 4) is 0 Å². The Morgan fingerprint density at radius 2 is 2.00 bits per heavy atom. The van der Waals surface area contributed by atoms with E-state index in [2.05, 4.69) is 14.9 Å². The van der Waals surface area contributed by atoms with E-state index in [1.165, 1.54) is 56.0 Å². The van der Waals surface area contributed by atoms with Gasteiger partial charge in [-0.15, -0.1) is 0 Å². The lowest BCUT2D eigenvalue weighted by Crippen LogP contribution is -2.24. The van der Waals surface area contributed by atoms with Gasteiger partial charge in [0.05, 0.1) is 5.75 Å². The van der Waals surface area contributed by atoms with E-state index >= 15 is 0 Å². The lowest BCUT2D eigenvalue weighted by Gasteiger charge is -2.24. The van der Waals surface area contributed by atoms with Crippen LogP contribution in [0.2, 0.25) is 0 Å². The molecule has 4 nitrogen and oxygen atoms in total. The molecule has 6 heteroatoms. The zero-order chi connectivity index (χ0) is 16.8. The van der Waals surface area contributed by atoms with Crippen molar-refractivity contribution in [3.05, 3.63) is 48.0 Å². The molecule has 3 rings (SSSR count). The number of rotatable bonds is 6. The Kier molecular flexibility index (Phi) is 5.91. The van der Waals surface area contributed by atoms with Gasteiger partial charge in [0.15, 0.2) is 5.16 Å². The van der Waals surface area contributed by atoms with Crippen LogP contribution in [0.25, 0.3) is 0 Å². The third-order valence-electron chi connectivity index (χ3n) is 4.34. The van der Waals surface area contributed by atoms with Gasteiger partial charge in [0, 0.05) is 25.0 Å². The molecule has 0 aliphatic heterocycles. The van der Waals surface area contributed by atoms with Gasteiger partial charge in [-0.05, 0) is 30.5 Å². The van der Waals surface area contributed by atoms with E-state index < -0.39 is 0 Å². The van der Waals surface area contributed by atoms with E-state index in [-0.39, 0.29) is 11.7 Å². The fourth-order valence-corrected chi connectivity index (χ4v) is 3.89. The number of nitrogens with zero attached hydrogens (tertiary/aromatic N) is 2. The van der Waals surface area contributed by atoms with Gasteiger partial charge in [-0.2, -0.15) is 0 Å². The van der Waals surface area contributed by atoms with Crippen LogP contribution in [-0.4, -0.2) is 21.2 Å². The van der Waals surface area contributed by atoms with Crippen molar-refractivity contribution in [3.63, 3.8) is 0 Å². The van der Waals surface area contributed by atoms with E-state index in [0.717, 1.165) is 10.7 Å². The first-order valence-electron chi connectivity index (χ1n) is 8.39. The normalized spacial score (nSPS) is 15.4. The Bertz CT molecular complexity index is 665. The van der Waals surface area contributed by atoms with Crippen LogP contribution in [0.4, 0.5) is 4.39 Å². The molecule has 0 spiro atoms. The zero-order valence-corrected chi connectivity index (χ0v) is 14.4. The highest BCUT2D eigenvalue weighted by Gasteiger charge is 2.18. The Hall–Kier alpha value is -1.82. The van der Waals surface area contributed by atoms with Crippen LogP contribution >= 0.6 is 11.8 Å². The van der Waals surface area contributed by atoms with E-state index in [0.29, 0.717) is 18.3 Å². The SMILES string of the molecule is O=C(CSc1nccn1C1CCCCC1)NCc1ccc(F)cc1. The molecule has 1 aromatic carbocycles. The summed E-state index contributed by atoms with van der Waals surface area (Å²) in [7, 11) is 0. The van der Waals surface area contributed by atoms with Crippen molar-refractivity contribution in [1.29, 1.82) is 0 Å². The summed E-state index contributed by atoms with van der Waals surface area (Å²) >= 11 is 1.47. The molecule has 1 heterocycles. The minimum atomic E-state index is -0.268. The number of carbonyl (C=O) groups excluding carboxylic acids is 1. The number of nitrogens with one attached hydrogen (secondary N) is 1. The number of aromatic nitrogens is 2. The van der Waals surface area contributed by atoms with Crippen molar-refractivity contribution in [2.75, 3.05) is 5.75 Å². The van der Waals surface area contributed by atoms with Gasteiger partial charge in [-0.3, -0.25) is 4.79 Å². The Labute approximate surface area is 145 Å². The molecule has 0 saturated heterocycles. The van der Waals surface area contributed by atoms with Crippen molar-refractivity contribution in [1.82, 2.24) is 14.9 Å². The molecule has 0 bridgehead atoms. The number of hydrogen-bond acceptors (Lipinski definition) is 3. The van der Waals surface area contributed by atoms with E-state index in [1.54, 1.807) is 12.1 Å². The lowest BCUT2D eigenvalue weighted by atomic mass is 9.95. The largest absolute Gasteiger partial charge is 0.351 e. The first kappa shape index (κ1) is 17.0. The fraction of sp³-hybridized carbons (Fsp3) is 0.444. The molecule has 1 N–H and O–H groups in total. The second kappa shape index (κ2) is 8.33. The van der Waals surface area contributed by atoms with Crippen LogP contribution in [0.15, 0.2) is 41.8 Å². The summed E-state index contributed by atoms with van der Waals surface area (Å²) in [5.74, 6) is 0.0305. The summed E-state index contributed by atoms with van der Waals surface area (Å²) in [5.41, 5.74) is 0.887. The minimum absolute atomic E-state index is 0.0393. The van der Waals surface area contributed by atoms with E-state index in [4.69, 9.17) is 0 Å². The monoisotopic (exact) mass is 347 g/mol. The first-order valence-corrected chi connectivity index (χ1v) is 9.38. The van der Waals surface area contributed by atoms with Crippen LogP contribution in [-0.2, 0) is 11.3 Å². The molecule has 0 atom stereocenters. The molecule has 0 radical (unpaired) electrons.